The van der Waals surface area contributed by atoms with Crippen molar-refractivity contribution in [2.75, 3.05) is 0 Å². The molecule has 0 heterocycles. The normalized spacial score (nSPS) is 14.4. The first kappa shape index (κ1) is 25.9. The van der Waals surface area contributed by atoms with Crippen LogP contribution < -0.4 is 6.15 Å². The van der Waals surface area contributed by atoms with E-state index in [1.54, 1.807) is 24.3 Å². The van der Waals surface area contributed by atoms with Crippen LogP contribution in [-0.4, -0.2) is 28.1 Å². The zero-order valence-corrected chi connectivity index (χ0v) is 16.8. The number of hydrogen-bond acceptors (Lipinski definition) is 3. The van der Waals surface area contributed by atoms with Gasteiger partial charge in [0.2, 0.25) is 10.7 Å². The second-order valence-electron chi connectivity index (χ2n) is 5.91. The summed E-state index contributed by atoms with van der Waals surface area (Å²) >= 11 is 2.70. The molecule has 0 aliphatic carbocycles. The number of aryl methyl sites for hydroxylation is 2. The highest BCUT2D eigenvalue weighted by atomic mass is 79.9. The molecule has 0 saturated carbocycles. The number of carbonyl (C=O) groups is 2. The van der Waals surface area contributed by atoms with Gasteiger partial charge in [0, 0.05) is 12.8 Å². The Hall–Kier alpha value is -2.12. The average Bonchev–Trinajstić information content (AvgIpc) is 2.59. The number of hydrogen-bond donors (Lipinski definition) is 2. The van der Waals surface area contributed by atoms with Crippen molar-refractivity contribution in [1.29, 1.82) is 0 Å². The number of carboxylic acid groups (broad SMARTS) is 1. The molecular weight excluding hydrogens is 432 g/mol. The molecule has 2 aromatic rings. The van der Waals surface area contributed by atoms with E-state index in [-0.39, 0.29) is 26.3 Å². The van der Waals surface area contributed by atoms with Gasteiger partial charge in [0.15, 0.2) is 6.29 Å². The smallest absolute Gasteiger partial charge is 0.338 e. The fourth-order valence-electron chi connectivity index (χ4n) is 1.98. The van der Waals surface area contributed by atoms with Gasteiger partial charge >= 0.3 is 5.97 Å². The summed E-state index contributed by atoms with van der Waals surface area (Å²) in [5, 5.41) is 8.39. The molecule has 2 aromatic carbocycles. The van der Waals surface area contributed by atoms with Crippen molar-refractivity contribution in [2.45, 2.75) is 44.8 Å². The molecule has 0 aromatic heterocycles. The Morgan fingerprint density at radius 2 is 1.54 bits per heavy atom. The molecule has 4 nitrogen and oxygen atoms in total. The van der Waals surface area contributed by atoms with Crippen LogP contribution in [0.25, 0.3) is 0 Å². The predicted molar refractivity (Wildman–Crippen MR) is 113 cm³/mol. The average molecular weight is 461 g/mol. The number of carbonyl (C=O) groups excluding carboxylic acids is 1. The largest absolute Gasteiger partial charge is 0.479 e. The summed E-state index contributed by atoms with van der Waals surface area (Å²) in [7, 11) is 0. The summed E-state index contributed by atoms with van der Waals surface area (Å²) in [6, 6.07) is 14.2. The van der Waals surface area contributed by atoms with Crippen LogP contribution in [0.2, 0.25) is 0 Å². The second kappa shape index (κ2) is 13.1. The van der Waals surface area contributed by atoms with Gasteiger partial charge in [0.1, 0.15) is 0 Å². The SMILES string of the molecule is C.Cc1ccc(CC(F)(Br)C=O)cc1.N.[2H][C@@](F)(Cc1ccc(C)cc1)C(=O)O. The molecule has 0 radical (unpaired) electrons. The Morgan fingerprint density at radius 1 is 1.14 bits per heavy atom. The first-order valence-electron chi connectivity index (χ1n) is 8.33. The Morgan fingerprint density at radius 3 is 1.89 bits per heavy atom. The molecule has 0 amide bonds. The van der Waals surface area contributed by atoms with E-state index in [9.17, 15) is 18.4 Å². The monoisotopic (exact) mass is 460 g/mol. The van der Waals surface area contributed by atoms with Crippen LogP contribution in [0, 0.1) is 13.8 Å². The van der Waals surface area contributed by atoms with Crippen LogP contribution in [-0.2, 0) is 22.4 Å². The Balaban J connectivity index is 0. The van der Waals surface area contributed by atoms with E-state index < -0.39 is 23.1 Å². The fraction of sp³-hybridized carbons (Fsp3) is 0.333. The third kappa shape index (κ3) is 10.9. The lowest BCUT2D eigenvalue weighted by atomic mass is 10.1. The molecular formula is C21H28BrF2NO3. The van der Waals surface area contributed by atoms with Gasteiger partial charge in [-0.1, -0.05) is 67.1 Å². The van der Waals surface area contributed by atoms with Crippen LogP contribution in [0.15, 0.2) is 48.5 Å². The van der Waals surface area contributed by atoms with Crippen LogP contribution >= 0.6 is 15.9 Å². The van der Waals surface area contributed by atoms with E-state index in [4.69, 9.17) is 6.48 Å². The van der Waals surface area contributed by atoms with Crippen LogP contribution in [0.4, 0.5) is 8.78 Å². The van der Waals surface area contributed by atoms with E-state index in [1.807, 2.05) is 38.1 Å². The van der Waals surface area contributed by atoms with Gasteiger partial charge in [0.25, 0.3) is 0 Å². The Bertz CT molecular complexity index is 767. The number of alkyl halides is 3. The van der Waals surface area contributed by atoms with Crippen molar-refractivity contribution in [1.82, 2.24) is 6.15 Å². The number of halogens is 3. The molecule has 0 saturated heterocycles. The van der Waals surface area contributed by atoms with Gasteiger partial charge in [-0.25, -0.2) is 13.6 Å². The van der Waals surface area contributed by atoms with Crippen molar-refractivity contribution in [2.24, 2.45) is 0 Å². The molecule has 7 heteroatoms. The number of aldehydes is 1. The molecule has 2 rings (SSSR count). The topological polar surface area (TPSA) is 89.4 Å². The molecule has 0 bridgehead atoms. The number of aliphatic carboxylic acids is 1. The minimum Gasteiger partial charge on any atom is -0.479 e. The van der Waals surface area contributed by atoms with Crippen molar-refractivity contribution in [3.8, 4) is 0 Å². The zero-order valence-electron chi connectivity index (χ0n) is 16.2. The highest BCUT2D eigenvalue weighted by Crippen LogP contribution is 2.22. The maximum atomic E-state index is 13.2. The van der Waals surface area contributed by atoms with E-state index in [0.717, 1.165) is 16.7 Å². The summed E-state index contributed by atoms with van der Waals surface area (Å²) < 4.78 is 31.2. The fourth-order valence-corrected chi connectivity index (χ4v) is 2.30. The van der Waals surface area contributed by atoms with E-state index in [0.29, 0.717) is 5.56 Å². The summed E-state index contributed by atoms with van der Waals surface area (Å²) in [6.45, 7) is 3.84. The van der Waals surface area contributed by atoms with Crippen LogP contribution in [0.3, 0.4) is 0 Å². The minimum atomic E-state index is -2.94. The van der Waals surface area contributed by atoms with E-state index in [1.165, 1.54) is 0 Å². The molecule has 2 atom stereocenters. The molecule has 4 N–H and O–H groups in total. The number of benzene rings is 2. The van der Waals surface area contributed by atoms with Gasteiger partial charge < -0.3 is 11.3 Å². The molecule has 0 fully saturated rings. The highest BCUT2D eigenvalue weighted by Gasteiger charge is 2.24. The molecule has 156 valence electrons. The first-order chi connectivity index (χ1) is 12.4. The maximum Gasteiger partial charge on any atom is 0.338 e. The number of carboxylic acids is 1. The van der Waals surface area contributed by atoms with Crippen molar-refractivity contribution < 1.29 is 24.8 Å². The maximum absolute atomic E-state index is 13.2. The van der Waals surface area contributed by atoms with Gasteiger partial charge in [-0.15, -0.1) is 0 Å². The third-order valence-electron chi connectivity index (χ3n) is 3.44. The Labute approximate surface area is 175 Å². The van der Waals surface area contributed by atoms with Crippen molar-refractivity contribution in [3.05, 3.63) is 70.8 Å². The van der Waals surface area contributed by atoms with Gasteiger partial charge in [-0.05, 0) is 40.9 Å². The lowest BCUT2D eigenvalue weighted by Crippen LogP contribution is -2.18. The summed E-state index contributed by atoms with van der Waals surface area (Å²) in [5.41, 5.74) is 3.44. The minimum absolute atomic E-state index is 0. The first-order valence-corrected chi connectivity index (χ1v) is 8.62. The molecule has 28 heavy (non-hydrogen) atoms. The van der Waals surface area contributed by atoms with Gasteiger partial charge in [-0.3, -0.25) is 4.79 Å². The zero-order chi connectivity index (χ0) is 20.7. The number of rotatable bonds is 6. The quantitative estimate of drug-likeness (QED) is 0.436. The summed E-state index contributed by atoms with van der Waals surface area (Å²) in [5.74, 6) is -1.75. The van der Waals surface area contributed by atoms with Gasteiger partial charge in [-0.2, -0.15) is 0 Å². The standard InChI is InChI=1S/C10H10BrFO.C10H11FO2.CH4.H3N/c1-8-2-4-9(5-3-8)6-10(11,12)7-13;1-7-2-4-8(5-3-7)6-9(11)10(12)13;;/h2-5,7H,6H2,1H3;2-5,9H,6H2,1H3,(H,12,13);1H4;1H3/t;9-;;/m.1../s1/i;9D;;. The van der Waals surface area contributed by atoms with Crippen molar-refractivity contribution in [3.63, 3.8) is 0 Å². The third-order valence-corrected chi connectivity index (χ3v) is 3.91. The van der Waals surface area contributed by atoms with E-state index in [2.05, 4.69) is 15.9 Å². The summed E-state index contributed by atoms with van der Waals surface area (Å²) in [4.78, 5) is 20.6. The summed E-state index contributed by atoms with van der Waals surface area (Å²) in [6.07, 6.45) is -3.03. The molecule has 0 spiro atoms. The lowest BCUT2D eigenvalue weighted by molar-refractivity contribution is -0.142. The molecule has 0 aliphatic heterocycles. The predicted octanol–water partition coefficient (Wildman–Crippen LogP) is 5.56. The lowest BCUT2D eigenvalue weighted by Gasteiger charge is -2.10. The van der Waals surface area contributed by atoms with Crippen LogP contribution in [0.1, 0.15) is 31.1 Å². The van der Waals surface area contributed by atoms with E-state index >= 15 is 0 Å². The molecule has 1 unspecified atom stereocenters. The van der Waals surface area contributed by atoms with Gasteiger partial charge in [0.05, 0.1) is 1.37 Å². The van der Waals surface area contributed by atoms with Crippen LogP contribution in [0.5, 0.6) is 0 Å². The molecule has 0 aliphatic rings. The second-order valence-corrected chi connectivity index (χ2v) is 7.23. The highest BCUT2D eigenvalue weighted by molar-refractivity contribution is 9.10. The Kier molecular flexibility index (Phi) is 12.1. The van der Waals surface area contributed by atoms with Crippen molar-refractivity contribution >= 4 is 28.2 Å².